The zero-order valence-electron chi connectivity index (χ0n) is 21.3. The van der Waals surface area contributed by atoms with Gasteiger partial charge in [0.2, 0.25) is 0 Å². The van der Waals surface area contributed by atoms with Gasteiger partial charge in [0.1, 0.15) is 22.7 Å². The van der Waals surface area contributed by atoms with Crippen molar-refractivity contribution in [2.75, 3.05) is 18.1 Å². The molecule has 9 nitrogen and oxygen atoms in total. The van der Waals surface area contributed by atoms with Crippen LogP contribution in [0.15, 0.2) is 54.9 Å². The summed E-state index contributed by atoms with van der Waals surface area (Å²) >= 11 is 12.7. The second-order valence-corrected chi connectivity index (χ2v) is 10.2. The summed E-state index contributed by atoms with van der Waals surface area (Å²) in [5, 5.41) is 0.566. The number of para-hydroxylation sites is 1. The van der Waals surface area contributed by atoms with Crippen LogP contribution in [0.3, 0.4) is 0 Å². The molecule has 216 valence electrons. The van der Waals surface area contributed by atoms with Crippen LogP contribution in [0.4, 0.5) is 14.5 Å². The molecule has 5 rings (SSSR count). The van der Waals surface area contributed by atoms with Crippen LogP contribution in [-0.2, 0) is 20.7 Å². The summed E-state index contributed by atoms with van der Waals surface area (Å²) in [6, 6.07) is 10.6. The number of carbonyl (C=O) groups is 3. The zero-order valence-corrected chi connectivity index (χ0v) is 22.8. The van der Waals surface area contributed by atoms with Crippen molar-refractivity contribution >= 4 is 46.5 Å². The number of esters is 1. The summed E-state index contributed by atoms with van der Waals surface area (Å²) in [6.45, 7) is -3.27. The highest BCUT2D eigenvalue weighted by Gasteiger charge is 2.37. The average Bonchev–Trinajstić information content (AvgIpc) is 3.73. The number of ether oxygens (including phenoxy) is 3. The number of nitrogens with one attached hydrogen (secondary N) is 1. The third-order valence-electron chi connectivity index (χ3n) is 6.55. The second-order valence-electron chi connectivity index (χ2n) is 9.39. The molecule has 1 atom stereocenters. The van der Waals surface area contributed by atoms with Crippen molar-refractivity contribution in [3.05, 3.63) is 81.6 Å². The standard InChI is InChI=1S/C28H22Cl2F2N2O6.H2O/c29-19-11-33-12-20(30)18(19)10-23(16-7-8-22(40-28(31)32)24(9-16)38-14-15-5-6-15)39-25(35)13-34-21-4-2-1-3-17(21)26(36)27(34)37;/h1-4,7-9,11-12,15,23,28H,5-6,10,13-14H2;1H2/t23-;/m0./s1. The molecule has 1 aliphatic heterocycles. The Kier molecular flexibility index (Phi) is 9.42. The van der Waals surface area contributed by atoms with Crippen LogP contribution >= 0.6 is 23.2 Å². The van der Waals surface area contributed by atoms with Gasteiger partial charge in [-0.1, -0.05) is 41.4 Å². The molecule has 0 spiro atoms. The van der Waals surface area contributed by atoms with E-state index in [0.717, 1.165) is 17.7 Å². The summed E-state index contributed by atoms with van der Waals surface area (Å²) in [4.78, 5) is 42.0. The number of aromatic amines is 1. The van der Waals surface area contributed by atoms with Gasteiger partial charge in [0.25, 0.3) is 11.7 Å². The first kappa shape index (κ1) is 30.2. The number of H-pyrrole nitrogens is 1. The first-order valence-electron chi connectivity index (χ1n) is 12.4. The largest absolute Gasteiger partial charge is 0.870 e. The predicted octanol–water partition coefficient (Wildman–Crippen LogP) is 5.08. The molecule has 2 heterocycles. The van der Waals surface area contributed by atoms with Gasteiger partial charge in [0.15, 0.2) is 23.9 Å². The average molecular weight is 609 g/mol. The summed E-state index contributed by atoms with van der Waals surface area (Å²) < 4.78 is 42.3. The number of ketones is 1. The second kappa shape index (κ2) is 12.8. The van der Waals surface area contributed by atoms with Crippen molar-refractivity contribution in [1.82, 2.24) is 0 Å². The number of benzene rings is 2. The predicted molar refractivity (Wildman–Crippen MR) is 142 cm³/mol. The lowest BCUT2D eigenvalue weighted by Gasteiger charge is -2.23. The van der Waals surface area contributed by atoms with Crippen LogP contribution in [0.1, 0.15) is 40.4 Å². The van der Waals surface area contributed by atoms with E-state index in [0.29, 0.717) is 29.3 Å². The van der Waals surface area contributed by atoms with Crippen molar-refractivity contribution in [2.45, 2.75) is 32.0 Å². The highest BCUT2D eigenvalue weighted by molar-refractivity contribution is 6.52. The molecule has 0 unspecified atom stereocenters. The number of hydrogen-bond donors (Lipinski definition) is 0. The van der Waals surface area contributed by atoms with Gasteiger partial charge in [0.05, 0.1) is 17.9 Å². The van der Waals surface area contributed by atoms with Crippen molar-refractivity contribution in [3.63, 3.8) is 0 Å². The smallest absolute Gasteiger partial charge is 0.387 e. The van der Waals surface area contributed by atoms with Gasteiger partial charge in [-0.2, -0.15) is 8.78 Å². The number of amides is 1. The maximum Gasteiger partial charge on any atom is 0.387 e. The van der Waals surface area contributed by atoms with E-state index in [1.54, 1.807) is 18.2 Å². The van der Waals surface area contributed by atoms with Crippen LogP contribution in [0.25, 0.3) is 0 Å². The fourth-order valence-electron chi connectivity index (χ4n) is 4.34. The van der Waals surface area contributed by atoms with Gasteiger partial charge in [0, 0.05) is 12.0 Å². The molecule has 41 heavy (non-hydrogen) atoms. The van der Waals surface area contributed by atoms with Gasteiger partial charge in [-0.25, -0.2) is 4.98 Å². The Morgan fingerprint density at radius 1 is 1.05 bits per heavy atom. The van der Waals surface area contributed by atoms with Crippen molar-refractivity contribution in [3.8, 4) is 11.5 Å². The Hall–Kier alpha value is -3.80. The number of anilines is 1. The van der Waals surface area contributed by atoms with Gasteiger partial charge >= 0.3 is 12.6 Å². The minimum Gasteiger partial charge on any atom is -0.870 e. The van der Waals surface area contributed by atoms with E-state index in [4.69, 9.17) is 32.7 Å². The first-order valence-corrected chi connectivity index (χ1v) is 13.2. The number of nitrogens with zero attached hydrogens (tertiary/aromatic N) is 1. The summed E-state index contributed by atoms with van der Waals surface area (Å²) in [6.07, 6.45) is 3.98. The number of alkyl halides is 2. The summed E-state index contributed by atoms with van der Waals surface area (Å²) in [7, 11) is 0. The van der Waals surface area contributed by atoms with Gasteiger partial charge in [-0.3, -0.25) is 19.3 Å². The Balaban J connectivity index is 0.00000387. The van der Waals surface area contributed by atoms with Crippen LogP contribution < -0.4 is 19.4 Å². The molecule has 1 aliphatic carbocycles. The van der Waals surface area contributed by atoms with Gasteiger partial charge in [-0.05, 0) is 48.6 Å². The normalized spacial score (nSPS) is 14.9. The molecule has 0 radical (unpaired) electrons. The Bertz CT molecular complexity index is 1450. The maximum absolute atomic E-state index is 13.2. The van der Waals surface area contributed by atoms with E-state index in [1.165, 1.54) is 36.7 Å². The molecule has 1 saturated carbocycles. The number of halogens is 4. The molecule has 13 heteroatoms. The summed E-state index contributed by atoms with van der Waals surface area (Å²) in [5.74, 6) is -2.13. The first-order chi connectivity index (χ1) is 19.2. The van der Waals surface area contributed by atoms with E-state index in [2.05, 4.69) is 9.72 Å². The van der Waals surface area contributed by atoms with Gasteiger partial charge in [-0.15, -0.1) is 0 Å². The fraction of sp³-hybridized carbons (Fsp3) is 0.286. The molecule has 0 saturated heterocycles. The van der Waals surface area contributed by atoms with Crippen LogP contribution in [0.5, 0.6) is 11.5 Å². The quantitative estimate of drug-likeness (QED) is 0.219. The third kappa shape index (κ3) is 6.92. The number of hydrogen-bond acceptors (Lipinski definition) is 7. The molecule has 1 fully saturated rings. The number of aromatic nitrogens is 1. The van der Waals surface area contributed by atoms with E-state index in [9.17, 15) is 23.2 Å². The van der Waals surface area contributed by atoms with Crippen LogP contribution in [-0.4, -0.2) is 42.9 Å². The number of Topliss-reactive ketones (excluding diaryl/α,β-unsaturated/α-hetero) is 1. The highest BCUT2D eigenvalue weighted by Crippen LogP contribution is 2.38. The van der Waals surface area contributed by atoms with Crippen LogP contribution in [0.2, 0.25) is 10.0 Å². The van der Waals surface area contributed by atoms with E-state index in [-0.39, 0.29) is 39.0 Å². The molecule has 2 aromatic carbocycles. The number of fused-ring (bicyclic) bond motifs is 1. The lowest BCUT2D eigenvalue weighted by Crippen LogP contribution is -2.36. The van der Waals surface area contributed by atoms with Crippen molar-refractivity contribution in [2.24, 2.45) is 5.92 Å². The molecule has 2 N–H and O–H groups in total. The molecular weight excluding hydrogens is 585 g/mol. The number of rotatable bonds is 11. The monoisotopic (exact) mass is 608 g/mol. The Morgan fingerprint density at radius 2 is 1.76 bits per heavy atom. The Morgan fingerprint density at radius 3 is 2.44 bits per heavy atom. The molecule has 1 amide bonds. The molecule has 2 aliphatic rings. The molecular formula is C28H24Cl2F2N2O7. The molecule has 0 bridgehead atoms. The van der Waals surface area contributed by atoms with E-state index in [1.807, 2.05) is 0 Å². The minimum absolute atomic E-state index is 0. The van der Waals surface area contributed by atoms with Crippen molar-refractivity contribution < 1.29 is 47.8 Å². The maximum atomic E-state index is 13.2. The zero-order chi connectivity index (χ0) is 28.4. The van der Waals surface area contributed by atoms with Gasteiger partial charge < -0.3 is 19.7 Å². The molecule has 1 aromatic heterocycles. The van der Waals surface area contributed by atoms with E-state index >= 15 is 0 Å². The highest BCUT2D eigenvalue weighted by atomic mass is 35.5. The van der Waals surface area contributed by atoms with Crippen LogP contribution in [0, 0.1) is 5.92 Å². The topological polar surface area (TPSA) is 126 Å². The molecule has 3 aromatic rings. The SMILES string of the molecule is O=C(CN1C(=O)C(=O)c2ccccc21)O[C@@H](Cc1c(Cl)c[nH+]cc1Cl)c1ccc(OC(F)F)c(OCC2CC2)c1.[OH-]. The summed E-state index contributed by atoms with van der Waals surface area (Å²) in [5.41, 5.74) is 1.36. The third-order valence-corrected chi connectivity index (χ3v) is 7.23. The lowest BCUT2D eigenvalue weighted by atomic mass is 10.0. The van der Waals surface area contributed by atoms with E-state index < -0.39 is 36.9 Å². The minimum atomic E-state index is -3.07. The number of carbonyl (C=O) groups excluding carboxylic acids is 3. The lowest BCUT2D eigenvalue weighted by molar-refractivity contribution is -0.377. The fourth-order valence-corrected chi connectivity index (χ4v) is 4.87. The Labute approximate surface area is 243 Å². The number of pyridine rings is 1. The van der Waals surface area contributed by atoms with Crippen molar-refractivity contribution in [1.29, 1.82) is 0 Å².